The standard InChI is InChI=1S/C12H14N2O3S/c15-10-3-4-14-9(6-10)8-13-12(14)7-11-2-1-5-18(11,16)17/h3-4,6,8,11,15H,1-2,5,7H2. The Hall–Kier alpha value is -1.56. The molecule has 0 bridgehead atoms. The van der Waals surface area contributed by atoms with Gasteiger partial charge in [-0.15, -0.1) is 0 Å². The molecule has 2 aromatic heterocycles. The molecule has 0 amide bonds. The molecule has 1 fully saturated rings. The lowest BCUT2D eigenvalue weighted by molar-refractivity contribution is 0.475. The van der Waals surface area contributed by atoms with Crippen LogP contribution in [0.2, 0.25) is 0 Å². The van der Waals surface area contributed by atoms with Crippen LogP contribution in [0.15, 0.2) is 24.5 Å². The van der Waals surface area contributed by atoms with Crippen LogP contribution in [-0.2, 0) is 16.3 Å². The first kappa shape index (κ1) is 11.5. The molecular weight excluding hydrogens is 252 g/mol. The zero-order valence-corrected chi connectivity index (χ0v) is 10.6. The van der Waals surface area contributed by atoms with Crippen LogP contribution >= 0.6 is 0 Å². The number of hydrogen-bond donors (Lipinski definition) is 1. The van der Waals surface area contributed by atoms with Gasteiger partial charge in [0.05, 0.1) is 22.7 Å². The van der Waals surface area contributed by atoms with E-state index in [1.807, 2.05) is 4.40 Å². The molecule has 0 aliphatic carbocycles. The van der Waals surface area contributed by atoms with Crippen molar-refractivity contribution in [1.82, 2.24) is 9.38 Å². The van der Waals surface area contributed by atoms with Gasteiger partial charge in [0.15, 0.2) is 9.84 Å². The number of imidazole rings is 1. The Labute approximate surface area is 105 Å². The monoisotopic (exact) mass is 266 g/mol. The largest absolute Gasteiger partial charge is 0.508 e. The summed E-state index contributed by atoms with van der Waals surface area (Å²) in [6, 6.07) is 3.18. The molecule has 3 heterocycles. The van der Waals surface area contributed by atoms with Gasteiger partial charge in [-0.05, 0) is 18.9 Å². The van der Waals surface area contributed by atoms with E-state index in [2.05, 4.69) is 4.98 Å². The third-order valence-corrected chi connectivity index (χ3v) is 5.74. The van der Waals surface area contributed by atoms with E-state index in [-0.39, 0.29) is 11.0 Å². The van der Waals surface area contributed by atoms with Crippen LogP contribution in [0.1, 0.15) is 18.7 Å². The summed E-state index contributed by atoms with van der Waals surface area (Å²) < 4.78 is 25.4. The first-order valence-electron chi connectivity index (χ1n) is 5.93. The lowest BCUT2D eigenvalue weighted by Crippen LogP contribution is -2.19. The van der Waals surface area contributed by atoms with Gasteiger partial charge in [-0.25, -0.2) is 13.4 Å². The van der Waals surface area contributed by atoms with Crippen LogP contribution in [0.5, 0.6) is 5.75 Å². The quantitative estimate of drug-likeness (QED) is 0.885. The Morgan fingerprint density at radius 1 is 1.50 bits per heavy atom. The second kappa shape index (κ2) is 3.98. The zero-order valence-electron chi connectivity index (χ0n) is 9.78. The summed E-state index contributed by atoms with van der Waals surface area (Å²) in [6.07, 6.45) is 5.28. The summed E-state index contributed by atoms with van der Waals surface area (Å²) in [5.74, 6) is 1.21. The molecule has 6 heteroatoms. The van der Waals surface area contributed by atoms with E-state index < -0.39 is 9.84 Å². The number of sulfone groups is 1. The molecule has 1 atom stereocenters. The van der Waals surface area contributed by atoms with E-state index in [1.165, 1.54) is 0 Å². The maximum atomic E-state index is 11.8. The molecule has 1 aliphatic heterocycles. The predicted molar refractivity (Wildman–Crippen MR) is 67.4 cm³/mol. The number of rotatable bonds is 2. The van der Waals surface area contributed by atoms with Crippen molar-refractivity contribution >= 4 is 15.4 Å². The van der Waals surface area contributed by atoms with Gasteiger partial charge in [0.1, 0.15) is 11.6 Å². The Bertz CT molecular complexity index is 690. The Balaban J connectivity index is 1.96. The summed E-state index contributed by atoms with van der Waals surface area (Å²) in [4.78, 5) is 4.25. The van der Waals surface area contributed by atoms with Crippen LogP contribution < -0.4 is 0 Å². The number of hydrogen-bond acceptors (Lipinski definition) is 4. The third-order valence-electron chi connectivity index (χ3n) is 3.47. The van der Waals surface area contributed by atoms with Gasteiger partial charge < -0.3 is 9.51 Å². The van der Waals surface area contributed by atoms with Crippen molar-refractivity contribution in [3.8, 4) is 5.75 Å². The minimum Gasteiger partial charge on any atom is -0.508 e. The van der Waals surface area contributed by atoms with E-state index in [9.17, 15) is 13.5 Å². The molecule has 1 saturated heterocycles. The fourth-order valence-corrected chi connectivity index (χ4v) is 4.32. The van der Waals surface area contributed by atoms with Crippen LogP contribution in [0.3, 0.4) is 0 Å². The van der Waals surface area contributed by atoms with E-state index in [0.717, 1.165) is 24.2 Å². The van der Waals surface area contributed by atoms with Gasteiger partial charge in [-0.1, -0.05) is 0 Å². The summed E-state index contributed by atoms with van der Waals surface area (Å²) in [6.45, 7) is 0. The van der Waals surface area contributed by atoms with Crippen molar-refractivity contribution in [2.45, 2.75) is 24.5 Å². The van der Waals surface area contributed by atoms with Crippen molar-refractivity contribution in [3.05, 3.63) is 30.4 Å². The fraction of sp³-hybridized carbons (Fsp3) is 0.417. The van der Waals surface area contributed by atoms with E-state index in [1.54, 1.807) is 24.5 Å². The lowest BCUT2D eigenvalue weighted by Gasteiger charge is -2.08. The highest BCUT2D eigenvalue weighted by molar-refractivity contribution is 7.92. The van der Waals surface area contributed by atoms with Crippen molar-refractivity contribution < 1.29 is 13.5 Å². The SMILES string of the molecule is O=S1(=O)CCCC1Cc1ncc2cc(O)ccn12. The number of aromatic nitrogens is 2. The van der Waals surface area contributed by atoms with Crippen LogP contribution in [0.4, 0.5) is 0 Å². The fourth-order valence-electron chi connectivity index (χ4n) is 2.49. The van der Waals surface area contributed by atoms with Gasteiger partial charge in [-0.3, -0.25) is 0 Å². The van der Waals surface area contributed by atoms with Crippen molar-refractivity contribution in [2.24, 2.45) is 0 Å². The highest BCUT2D eigenvalue weighted by atomic mass is 32.2. The number of aromatic hydroxyl groups is 1. The average molecular weight is 266 g/mol. The second-order valence-electron chi connectivity index (χ2n) is 4.69. The maximum absolute atomic E-state index is 11.8. The Kier molecular flexibility index (Phi) is 2.55. The molecule has 18 heavy (non-hydrogen) atoms. The molecule has 1 aliphatic rings. The summed E-state index contributed by atoms with van der Waals surface area (Å²) in [5.41, 5.74) is 0.778. The molecular formula is C12H14N2O3S. The number of nitrogens with zero attached hydrogens (tertiary/aromatic N) is 2. The summed E-state index contributed by atoms with van der Waals surface area (Å²) in [7, 11) is -2.94. The number of pyridine rings is 1. The average Bonchev–Trinajstić information content (AvgIpc) is 2.84. The number of fused-ring (bicyclic) bond motifs is 1. The predicted octanol–water partition coefficient (Wildman–Crippen LogP) is 1.16. The van der Waals surface area contributed by atoms with Gasteiger partial charge in [-0.2, -0.15) is 0 Å². The molecule has 5 nitrogen and oxygen atoms in total. The van der Waals surface area contributed by atoms with Crippen LogP contribution in [0, 0.1) is 0 Å². The van der Waals surface area contributed by atoms with Crippen LogP contribution in [0.25, 0.3) is 5.52 Å². The summed E-state index contributed by atoms with van der Waals surface area (Å²) in [5, 5.41) is 9.06. The highest BCUT2D eigenvalue weighted by Crippen LogP contribution is 2.24. The molecule has 0 radical (unpaired) electrons. The van der Waals surface area contributed by atoms with Crippen LogP contribution in [-0.4, -0.2) is 33.9 Å². The molecule has 1 unspecified atom stereocenters. The van der Waals surface area contributed by atoms with Crippen molar-refractivity contribution in [3.63, 3.8) is 0 Å². The lowest BCUT2D eigenvalue weighted by atomic mass is 10.2. The maximum Gasteiger partial charge on any atom is 0.153 e. The summed E-state index contributed by atoms with van der Waals surface area (Å²) >= 11 is 0. The smallest absolute Gasteiger partial charge is 0.153 e. The molecule has 0 saturated carbocycles. The van der Waals surface area contributed by atoms with E-state index in [4.69, 9.17) is 0 Å². The molecule has 0 aromatic carbocycles. The first-order valence-corrected chi connectivity index (χ1v) is 7.64. The minimum atomic E-state index is -2.94. The Morgan fingerprint density at radius 3 is 3.06 bits per heavy atom. The first-order chi connectivity index (χ1) is 8.56. The molecule has 3 rings (SSSR count). The second-order valence-corrected chi connectivity index (χ2v) is 7.09. The van der Waals surface area contributed by atoms with Gasteiger partial charge in [0.2, 0.25) is 0 Å². The normalized spacial score (nSPS) is 22.6. The zero-order chi connectivity index (χ0) is 12.8. The Morgan fingerprint density at radius 2 is 2.33 bits per heavy atom. The van der Waals surface area contributed by atoms with E-state index >= 15 is 0 Å². The van der Waals surface area contributed by atoms with Gasteiger partial charge in [0.25, 0.3) is 0 Å². The third kappa shape index (κ3) is 1.86. The minimum absolute atomic E-state index is 0.183. The molecule has 96 valence electrons. The van der Waals surface area contributed by atoms with Gasteiger partial charge >= 0.3 is 0 Å². The molecule has 1 N–H and O–H groups in total. The van der Waals surface area contributed by atoms with Crippen molar-refractivity contribution in [2.75, 3.05) is 5.75 Å². The van der Waals surface area contributed by atoms with E-state index in [0.29, 0.717) is 12.2 Å². The molecule has 2 aromatic rings. The van der Waals surface area contributed by atoms with Crippen molar-refractivity contribution in [1.29, 1.82) is 0 Å². The highest BCUT2D eigenvalue weighted by Gasteiger charge is 2.32. The molecule has 0 spiro atoms. The topological polar surface area (TPSA) is 71.7 Å². The van der Waals surface area contributed by atoms with Gasteiger partial charge in [0, 0.05) is 18.7 Å².